The van der Waals surface area contributed by atoms with E-state index in [9.17, 15) is 10.1 Å². The molecule has 0 aliphatic rings. The fraction of sp³-hybridized carbons (Fsp3) is 0.190. The third-order valence-corrected chi connectivity index (χ3v) is 4.61. The first kappa shape index (κ1) is 20.2. The Bertz CT molecular complexity index is 1130. The van der Waals surface area contributed by atoms with Crippen LogP contribution in [0.25, 0.3) is 10.9 Å². The molecule has 2 aromatic carbocycles. The molecule has 0 spiro atoms. The number of nitrogens with zero attached hydrogens (tertiary/aromatic N) is 2. The Kier molecular flexibility index (Phi) is 6.05. The van der Waals surface area contributed by atoms with E-state index in [0.29, 0.717) is 68.8 Å². The van der Waals surface area contributed by atoms with Gasteiger partial charge in [0, 0.05) is 17.1 Å². The average Bonchev–Trinajstić information content (AvgIpc) is 2.69. The van der Waals surface area contributed by atoms with E-state index in [1.165, 1.54) is 0 Å². The zero-order valence-electron chi connectivity index (χ0n) is 16.2. The Labute approximate surface area is 173 Å². The van der Waals surface area contributed by atoms with Gasteiger partial charge in [-0.05, 0) is 38.1 Å². The van der Waals surface area contributed by atoms with Crippen LogP contribution in [0, 0.1) is 18.3 Å². The van der Waals surface area contributed by atoms with Crippen molar-refractivity contribution in [2.24, 2.45) is 0 Å². The third kappa shape index (κ3) is 4.03. The predicted octanol–water partition coefficient (Wildman–Crippen LogP) is 4.79. The Balaban J connectivity index is 2.22. The van der Waals surface area contributed by atoms with E-state index in [4.69, 9.17) is 21.1 Å². The summed E-state index contributed by atoms with van der Waals surface area (Å²) in [6.07, 6.45) is 0.576. The quantitative estimate of drug-likeness (QED) is 0.544. The minimum absolute atomic E-state index is 0.394. The lowest BCUT2D eigenvalue weighted by atomic mass is 10.0. The molecule has 0 saturated carbocycles. The highest BCUT2D eigenvalue weighted by atomic mass is 35.5. The number of benzene rings is 2. The normalized spacial score (nSPS) is 10.3. The summed E-state index contributed by atoms with van der Waals surface area (Å²) in [5.41, 5.74) is 3.32. The fourth-order valence-corrected chi connectivity index (χ4v) is 3.28. The van der Waals surface area contributed by atoms with Gasteiger partial charge >= 0.3 is 0 Å². The van der Waals surface area contributed by atoms with Gasteiger partial charge in [0.25, 0.3) is 0 Å². The molecule has 0 aliphatic heterocycles. The standard InChI is InChI=1S/C21H19ClN4O3/c1-4-29-20-9-17-14(8-18(20)24-11-27)21(15(10-23)12(2)25-17)26-13-5-6-19(28-3)16(22)7-13/h5-9,11H,4H2,1-3H3,(H,24,27)(H,25,26). The molecule has 1 heterocycles. The van der Waals surface area contributed by atoms with E-state index < -0.39 is 0 Å². The van der Waals surface area contributed by atoms with E-state index in [1.807, 2.05) is 6.92 Å². The monoisotopic (exact) mass is 410 g/mol. The van der Waals surface area contributed by atoms with Crippen LogP contribution in [-0.2, 0) is 4.79 Å². The number of ether oxygens (including phenoxy) is 2. The first-order valence-electron chi connectivity index (χ1n) is 8.84. The Hall–Kier alpha value is -3.50. The van der Waals surface area contributed by atoms with Crippen LogP contribution in [0.1, 0.15) is 18.2 Å². The zero-order chi connectivity index (χ0) is 21.0. The molecule has 0 unspecified atom stereocenters. The van der Waals surface area contributed by atoms with Gasteiger partial charge in [-0.2, -0.15) is 5.26 Å². The molecule has 1 amide bonds. The van der Waals surface area contributed by atoms with Crippen LogP contribution in [-0.4, -0.2) is 25.1 Å². The summed E-state index contributed by atoms with van der Waals surface area (Å²) in [6, 6.07) is 10.9. The minimum Gasteiger partial charge on any atom is -0.495 e. The summed E-state index contributed by atoms with van der Waals surface area (Å²) in [5.74, 6) is 1.05. The van der Waals surface area contributed by atoms with Crippen LogP contribution in [0.3, 0.4) is 0 Å². The van der Waals surface area contributed by atoms with Crippen molar-refractivity contribution >= 4 is 46.0 Å². The maximum Gasteiger partial charge on any atom is 0.211 e. The van der Waals surface area contributed by atoms with Gasteiger partial charge in [0.05, 0.1) is 46.9 Å². The van der Waals surface area contributed by atoms with E-state index >= 15 is 0 Å². The van der Waals surface area contributed by atoms with Crippen molar-refractivity contribution < 1.29 is 14.3 Å². The number of pyridine rings is 1. The molecular weight excluding hydrogens is 392 g/mol. The van der Waals surface area contributed by atoms with Crippen LogP contribution in [0.2, 0.25) is 5.02 Å². The smallest absolute Gasteiger partial charge is 0.211 e. The van der Waals surface area contributed by atoms with Crippen molar-refractivity contribution in [3.8, 4) is 17.6 Å². The van der Waals surface area contributed by atoms with Gasteiger partial charge in [-0.15, -0.1) is 0 Å². The molecule has 0 saturated heterocycles. The highest BCUT2D eigenvalue weighted by Gasteiger charge is 2.17. The highest BCUT2D eigenvalue weighted by molar-refractivity contribution is 6.32. The lowest BCUT2D eigenvalue weighted by Crippen LogP contribution is -2.04. The number of hydrogen-bond acceptors (Lipinski definition) is 6. The van der Waals surface area contributed by atoms with Gasteiger partial charge in [-0.3, -0.25) is 9.78 Å². The Morgan fingerprint density at radius 3 is 2.69 bits per heavy atom. The number of rotatable bonds is 7. The number of hydrogen-bond donors (Lipinski definition) is 2. The second kappa shape index (κ2) is 8.67. The summed E-state index contributed by atoms with van der Waals surface area (Å²) in [4.78, 5) is 15.6. The first-order chi connectivity index (χ1) is 14.0. The molecule has 0 fully saturated rings. The second-order valence-corrected chi connectivity index (χ2v) is 6.50. The molecule has 2 N–H and O–H groups in total. The maximum absolute atomic E-state index is 11.0. The van der Waals surface area contributed by atoms with Gasteiger partial charge < -0.3 is 20.1 Å². The van der Waals surface area contributed by atoms with Crippen molar-refractivity contribution in [3.63, 3.8) is 0 Å². The third-order valence-electron chi connectivity index (χ3n) is 4.31. The summed E-state index contributed by atoms with van der Waals surface area (Å²) >= 11 is 6.23. The summed E-state index contributed by atoms with van der Waals surface area (Å²) < 4.78 is 10.8. The molecule has 1 aromatic heterocycles. The number of amides is 1. The molecule has 0 bridgehead atoms. The van der Waals surface area contributed by atoms with Gasteiger partial charge in [-0.25, -0.2) is 0 Å². The van der Waals surface area contributed by atoms with E-state index in [-0.39, 0.29) is 0 Å². The van der Waals surface area contributed by atoms with Crippen molar-refractivity contribution in [2.45, 2.75) is 13.8 Å². The van der Waals surface area contributed by atoms with Gasteiger partial charge in [0.1, 0.15) is 17.6 Å². The number of aryl methyl sites for hydroxylation is 1. The van der Waals surface area contributed by atoms with Crippen molar-refractivity contribution in [1.29, 1.82) is 5.26 Å². The lowest BCUT2D eigenvalue weighted by Gasteiger charge is -2.17. The number of aromatic nitrogens is 1. The summed E-state index contributed by atoms with van der Waals surface area (Å²) in [5, 5.41) is 16.7. The molecular formula is C21H19ClN4O3. The SMILES string of the molecule is CCOc1cc2nc(C)c(C#N)c(Nc3ccc(OC)c(Cl)c3)c2cc1NC=O. The molecule has 3 aromatic rings. The minimum atomic E-state index is 0.394. The molecule has 148 valence electrons. The fourth-order valence-electron chi connectivity index (χ4n) is 3.02. The van der Waals surface area contributed by atoms with Crippen LogP contribution in [0.5, 0.6) is 11.5 Å². The van der Waals surface area contributed by atoms with Crippen LogP contribution in [0.4, 0.5) is 17.1 Å². The highest BCUT2D eigenvalue weighted by Crippen LogP contribution is 2.38. The van der Waals surface area contributed by atoms with E-state index in [1.54, 1.807) is 44.4 Å². The number of fused-ring (bicyclic) bond motifs is 1. The van der Waals surface area contributed by atoms with E-state index in [2.05, 4.69) is 21.7 Å². The number of anilines is 3. The van der Waals surface area contributed by atoms with Crippen molar-refractivity contribution in [3.05, 3.63) is 46.6 Å². The van der Waals surface area contributed by atoms with Gasteiger partial charge in [0.2, 0.25) is 6.41 Å². The van der Waals surface area contributed by atoms with Crippen LogP contribution in [0.15, 0.2) is 30.3 Å². The Morgan fingerprint density at radius 2 is 2.07 bits per heavy atom. The topological polar surface area (TPSA) is 96.3 Å². The molecule has 0 radical (unpaired) electrons. The number of carbonyl (C=O) groups is 1. The first-order valence-corrected chi connectivity index (χ1v) is 9.22. The molecule has 29 heavy (non-hydrogen) atoms. The number of carbonyl (C=O) groups excluding carboxylic acids is 1. The maximum atomic E-state index is 11.0. The molecule has 0 atom stereocenters. The molecule has 7 nitrogen and oxygen atoms in total. The predicted molar refractivity (Wildman–Crippen MR) is 113 cm³/mol. The molecule has 0 aliphatic carbocycles. The number of halogens is 1. The molecule has 8 heteroatoms. The largest absolute Gasteiger partial charge is 0.495 e. The number of methoxy groups -OCH3 is 1. The van der Waals surface area contributed by atoms with Crippen LogP contribution >= 0.6 is 11.6 Å². The Morgan fingerprint density at radius 1 is 1.28 bits per heavy atom. The number of nitriles is 1. The number of nitrogens with one attached hydrogen (secondary N) is 2. The van der Waals surface area contributed by atoms with Crippen LogP contribution < -0.4 is 20.1 Å². The van der Waals surface area contributed by atoms with Gasteiger partial charge in [-0.1, -0.05) is 11.6 Å². The average molecular weight is 411 g/mol. The summed E-state index contributed by atoms with van der Waals surface area (Å²) in [6.45, 7) is 4.05. The van der Waals surface area contributed by atoms with Crippen molar-refractivity contribution in [1.82, 2.24) is 4.98 Å². The van der Waals surface area contributed by atoms with E-state index in [0.717, 1.165) is 0 Å². The summed E-state index contributed by atoms with van der Waals surface area (Å²) in [7, 11) is 1.54. The lowest BCUT2D eigenvalue weighted by molar-refractivity contribution is -0.105. The van der Waals surface area contributed by atoms with Gasteiger partial charge in [0.15, 0.2) is 0 Å². The second-order valence-electron chi connectivity index (χ2n) is 6.09. The van der Waals surface area contributed by atoms with Crippen molar-refractivity contribution in [2.75, 3.05) is 24.4 Å². The molecule has 3 rings (SSSR count). The zero-order valence-corrected chi connectivity index (χ0v) is 16.9.